The summed E-state index contributed by atoms with van der Waals surface area (Å²) in [6.45, 7) is 5.91. The minimum Gasteiger partial charge on any atom is -0.336 e. The van der Waals surface area contributed by atoms with Gasteiger partial charge in [0.2, 0.25) is 10.0 Å². The predicted molar refractivity (Wildman–Crippen MR) is 131 cm³/mol. The molecule has 178 valence electrons. The van der Waals surface area contributed by atoms with Gasteiger partial charge >= 0.3 is 0 Å². The van der Waals surface area contributed by atoms with Gasteiger partial charge in [-0.15, -0.1) is 0 Å². The number of carbonyl (C=O) groups is 1. The molecule has 0 unspecified atom stereocenters. The molecule has 0 radical (unpaired) electrons. The highest BCUT2D eigenvalue weighted by molar-refractivity contribution is 7.89. The van der Waals surface area contributed by atoms with Crippen molar-refractivity contribution in [1.82, 2.24) is 14.1 Å². The molecule has 6 nitrogen and oxygen atoms in total. The number of carbonyl (C=O) groups excluding carboxylic acids is 1. The van der Waals surface area contributed by atoms with E-state index in [0.29, 0.717) is 18.7 Å². The van der Waals surface area contributed by atoms with Crippen molar-refractivity contribution in [3.8, 4) is 0 Å². The van der Waals surface area contributed by atoms with Crippen molar-refractivity contribution in [2.24, 2.45) is 0 Å². The number of rotatable bonds is 6. The van der Waals surface area contributed by atoms with Gasteiger partial charge < -0.3 is 4.90 Å². The van der Waals surface area contributed by atoms with Gasteiger partial charge in [-0.25, -0.2) is 8.42 Å². The molecule has 1 saturated carbocycles. The van der Waals surface area contributed by atoms with Crippen LogP contribution in [0.4, 0.5) is 0 Å². The SMILES string of the molecule is Cc1ccccc1CN1CCN(C(=O)c2cccc(S(=O)(=O)N(C)C3CCCCC3)c2)CC1. The summed E-state index contributed by atoms with van der Waals surface area (Å²) >= 11 is 0. The molecule has 1 aliphatic heterocycles. The Morgan fingerprint density at radius 3 is 2.36 bits per heavy atom. The van der Waals surface area contributed by atoms with Crippen molar-refractivity contribution in [3.05, 3.63) is 65.2 Å². The maximum absolute atomic E-state index is 13.2. The average molecular weight is 470 g/mol. The number of hydrogen-bond acceptors (Lipinski definition) is 4. The lowest BCUT2D eigenvalue weighted by atomic mass is 9.96. The molecule has 2 aliphatic rings. The molecule has 2 aromatic rings. The van der Waals surface area contributed by atoms with E-state index in [2.05, 4.69) is 36.1 Å². The first-order chi connectivity index (χ1) is 15.9. The van der Waals surface area contributed by atoms with Crippen molar-refractivity contribution < 1.29 is 13.2 Å². The van der Waals surface area contributed by atoms with Crippen LogP contribution in [0.5, 0.6) is 0 Å². The molecule has 33 heavy (non-hydrogen) atoms. The van der Waals surface area contributed by atoms with Gasteiger partial charge in [-0.05, 0) is 49.1 Å². The van der Waals surface area contributed by atoms with Crippen LogP contribution in [0.15, 0.2) is 53.4 Å². The molecule has 4 rings (SSSR count). The third-order valence-electron chi connectivity index (χ3n) is 7.16. The van der Waals surface area contributed by atoms with E-state index in [-0.39, 0.29) is 16.8 Å². The van der Waals surface area contributed by atoms with Gasteiger partial charge in [-0.2, -0.15) is 4.31 Å². The zero-order chi connectivity index (χ0) is 23.4. The first-order valence-corrected chi connectivity index (χ1v) is 13.4. The molecule has 2 fully saturated rings. The van der Waals surface area contributed by atoms with Crippen LogP contribution in [0, 0.1) is 6.92 Å². The minimum absolute atomic E-state index is 0.0458. The van der Waals surface area contributed by atoms with E-state index >= 15 is 0 Å². The summed E-state index contributed by atoms with van der Waals surface area (Å²) in [6.07, 6.45) is 5.12. The molecule has 1 amide bonds. The zero-order valence-corrected chi connectivity index (χ0v) is 20.6. The molecule has 1 heterocycles. The van der Waals surface area contributed by atoms with Gasteiger partial charge in [-0.3, -0.25) is 9.69 Å². The van der Waals surface area contributed by atoms with Crippen LogP contribution in [-0.2, 0) is 16.6 Å². The smallest absolute Gasteiger partial charge is 0.253 e. The van der Waals surface area contributed by atoms with Crippen molar-refractivity contribution in [2.45, 2.75) is 56.5 Å². The maximum Gasteiger partial charge on any atom is 0.253 e. The van der Waals surface area contributed by atoms with E-state index in [1.807, 2.05) is 4.90 Å². The van der Waals surface area contributed by atoms with E-state index in [9.17, 15) is 13.2 Å². The molecular formula is C26H35N3O3S. The van der Waals surface area contributed by atoms with Crippen molar-refractivity contribution >= 4 is 15.9 Å². The second-order valence-corrected chi connectivity index (χ2v) is 11.3. The van der Waals surface area contributed by atoms with Gasteiger partial charge in [-0.1, -0.05) is 49.6 Å². The third kappa shape index (κ3) is 5.48. The minimum atomic E-state index is -3.62. The van der Waals surface area contributed by atoms with Gasteiger partial charge in [0.25, 0.3) is 5.91 Å². The molecule has 0 aromatic heterocycles. The fraction of sp³-hybridized carbons (Fsp3) is 0.500. The van der Waals surface area contributed by atoms with E-state index in [0.717, 1.165) is 45.3 Å². The molecule has 1 saturated heterocycles. The highest BCUT2D eigenvalue weighted by Crippen LogP contribution is 2.27. The zero-order valence-electron chi connectivity index (χ0n) is 19.7. The van der Waals surface area contributed by atoms with E-state index < -0.39 is 10.0 Å². The number of sulfonamides is 1. The summed E-state index contributed by atoms with van der Waals surface area (Å²) in [5, 5.41) is 0. The highest BCUT2D eigenvalue weighted by atomic mass is 32.2. The summed E-state index contributed by atoms with van der Waals surface area (Å²) in [5.74, 6) is -0.0945. The largest absolute Gasteiger partial charge is 0.336 e. The predicted octanol–water partition coefficient (Wildman–Crippen LogP) is 3.91. The number of amides is 1. The van der Waals surface area contributed by atoms with Gasteiger partial charge in [0, 0.05) is 51.4 Å². The van der Waals surface area contributed by atoms with Crippen LogP contribution >= 0.6 is 0 Å². The van der Waals surface area contributed by atoms with Crippen molar-refractivity contribution in [1.29, 1.82) is 0 Å². The lowest BCUT2D eigenvalue weighted by Crippen LogP contribution is -2.48. The molecule has 0 atom stereocenters. The van der Waals surface area contributed by atoms with E-state index in [1.54, 1.807) is 31.3 Å². The first kappa shape index (κ1) is 23.9. The summed E-state index contributed by atoms with van der Waals surface area (Å²) in [5.41, 5.74) is 3.05. The average Bonchev–Trinajstić information content (AvgIpc) is 2.85. The normalized spacial score (nSPS) is 18.6. The molecule has 0 bridgehead atoms. The number of nitrogens with zero attached hydrogens (tertiary/aromatic N) is 3. The Balaban J connectivity index is 1.40. The van der Waals surface area contributed by atoms with Gasteiger partial charge in [0.1, 0.15) is 0 Å². The summed E-state index contributed by atoms with van der Waals surface area (Å²) in [6, 6.07) is 15.0. The van der Waals surface area contributed by atoms with Crippen LogP contribution in [0.3, 0.4) is 0 Å². The lowest BCUT2D eigenvalue weighted by molar-refractivity contribution is 0.0628. The van der Waals surface area contributed by atoms with Crippen LogP contribution in [0.1, 0.15) is 53.6 Å². The highest BCUT2D eigenvalue weighted by Gasteiger charge is 2.30. The summed E-state index contributed by atoms with van der Waals surface area (Å²) in [4.78, 5) is 17.6. The van der Waals surface area contributed by atoms with Crippen LogP contribution in [0.2, 0.25) is 0 Å². The number of benzene rings is 2. The molecular weight excluding hydrogens is 434 g/mol. The van der Waals surface area contributed by atoms with E-state index in [1.165, 1.54) is 21.9 Å². The fourth-order valence-electron chi connectivity index (χ4n) is 4.92. The quantitative estimate of drug-likeness (QED) is 0.644. The third-order valence-corrected chi connectivity index (χ3v) is 9.07. The Bertz CT molecular complexity index is 1070. The van der Waals surface area contributed by atoms with Crippen molar-refractivity contribution in [3.63, 3.8) is 0 Å². The lowest BCUT2D eigenvalue weighted by Gasteiger charge is -2.35. The second kappa shape index (κ2) is 10.4. The number of aryl methyl sites for hydroxylation is 1. The van der Waals surface area contributed by atoms with E-state index in [4.69, 9.17) is 0 Å². The molecule has 7 heteroatoms. The summed E-state index contributed by atoms with van der Waals surface area (Å²) < 4.78 is 28.0. The maximum atomic E-state index is 13.2. The van der Waals surface area contributed by atoms with Crippen LogP contribution < -0.4 is 0 Å². The molecule has 0 spiro atoms. The first-order valence-electron chi connectivity index (χ1n) is 12.0. The topological polar surface area (TPSA) is 60.9 Å². The van der Waals surface area contributed by atoms with Crippen LogP contribution in [0.25, 0.3) is 0 Å². The van der Waals surface area contributed by atoms with Gasteiger partial charge in [0.15, 0.2) is 0 Å². The van der Waals surface area contributed by atoms with Crippen molar-refractivity contribution in [2.75, 3.05) is 33.2 Å². The fourth-order valence-corrected chi connectivity index (χ4v) is 6.38. The Morgan fingerprint density at radius 1 is 0.970 bits per heavy atom. The number of hydrogen-bond donors (Lipinski definition) is 0. The Hall–Kier alpha value is -2.22. The Labute approximate surface area is 198 Å². The molecule has 1 aliphatic carbocycles. The monoisotopic (exact) mass is 469 g/mol. The Kier molecular flexibility index (Phi) is 7.51. The second-order valence-electron chi connectivity index (χ2n) is 9.34. The molecule has 2 aromatic carbocycles. The Morgan fingerprint density at radius 2 is 1.67 bits per heavy atom. The van der Waals surface area contributed by atoms with Gasteiger partial charge in [0.05, 0.1) is 4.90 Å². The standard InChI is InChI=1S/C26H35N3O3S/c1-21-9-6-7-10-23(21)20-28-15-17-29(18-16-28)26(30)22-11-8-14-25(19-22)33(31,32)27(2)24-12-4-3-5-13-24/h6-11,14,19,24H,3-5,12-13,15-18,20H2,1-2H3. The van der Waals surface area contributed by atoms with Crippen LogP contribution in [-0.4, -0.2) is 67.7 Å². The molecule has 0 N–H and O–H groups in total. The summed E-state index contributed by atoms with van der Waals surface area (Å²) in [7, 11) is -1.94. The number of piperazine rings is 1.